The highest BCUT2D eigenvalue weighted by Gasteiger charge is 2.69. The maximum atomic E-state index is 14.3. The second kappa shape index (κ2) is 7.67. The molecule has 8 atom stereocenters. The van der Waals surface area contributed by atoms with Gasteiger partial charge in [0, 0.05) is 16.7 Å². The number of fused-ring (bicyclic) bond motifs is 7. The van der Waals surface area contributed by atoms with Gasteiger partial charge >= 0.3 is 5.97 Å². The molecule has 0 heterocycles. The summed E-state index contributed by atoms with van der Waals surface area (Å²) in [6.07, 6.45) is 10.0. The molecule has 0 bridgehead atoms. The van der Waals surface area contributed by atoms with E-state index >= 15 is 0 Å². The fraction of sp³-hybridized carbons (Fsp3) is 0.750. The Kier molecular flexibility index (Phi) is 5.47. The molecule has 5 heteroatoms. The van der Waals surface area contributed by atoms with Crippen molar-refractivity contribution in [1.82, 2.24) is 0 Å². The van der Waals surface area contributed by atoms with E-state index in [4.69, 9.17) is 4.74 Å². The van der Waals surface area contributed by atoms with Gasteiger partial charge in [0.25, 0.3) is 0 Å². The first-order valence-electron chi connectivity index (χ1n) is 14.1. The zero-order valence-electron chi connectivity index (χ0n) is 23.9. The van der Waals surface area contributed by atoms with Crippen LogP contribution in [-0.4, -0.2) is 24.6 Å². The minimum atomic E-state index is -0.658. The van der Waals surface area contributed by atoms with E-state index in [2.05, 4.69) is 33.8 Å². The monoisotopic (exact) mass is 505 g/mol. The van der Waals surface area contributed by atoms with Crippen LogP contribution in [0.4, 0.5) is 0 Å². The van der Waals surface area contributed by atoms with Crippen molar-refractivity contribution in [3.63, 3.8) is 0 Å². The van der Waals surface area contributed by atoms with E-state index in [9.17, 15) is 19.6 Å². The van der Waals surface area contributed by atoms with Crippen LogP contribution in [0.5, 0.6) is 0 Å². The predicted octanol–water partition coefficient (Wildman–Crippen LogP) is 6.38. The van der Waals surface area contributed by atoms with Gasteiger partial charge in [-0.1, -0.05) is 53.2 Å². The molecule has 0 aromatic carbocycles. The van der Waals surface area contributed by atoms with Crippen LogP contribution in [0.2, 0.25) is 0 Å². The maximum absolute atomic E-state index is 14.3. The lowest BCUT2D eigenvalue weighted by atomic mass is 9.34. The Bertz CT molecular complexity index is 1200. The molecule has 0 N–H and O–H groups in total. The molecule has 0 aromatic rings. The Balaban J connectivity index is 1.67. The van der Waals surface area contributed by atoms with Crippen molar-refractivity contribution in [2.24, 2.45) is 50.2 Å². The summed E-state index contributed by atoms with van der Waals surface area (Å²) in [4.78, 5) is 40.4. The molecule has 200 valence electrons. The van der Waals surface area contributed by atoms with Crippen LogP contribution < -0.4 is 0 Å². The molecule has 5 nitrogen and oxygen atoms in total. The van der Waals surface area contributed by atoms with Gasteiger partial charge in [-0.25, -0.2) is 0 Å². The standard InChI is InChI=1S/C32H43NO4/c1-27(2)22-9-10-31(6)23(30(22,5)16-19(18-33)25(27)35)15-21(34)24-20-17-29(4,26(36)37-8)12-11-28(20,3)13-14-32(24,31)7/h15-16,20,22,24H,9-14,17H2,1-8H3/t20-,22-,24?,28+,29-,30-,31+,32+/m0/s1. The van der Waals surface area contributed by atoms with Crippen molar-refractivity contribution in [1.29, 1.82) is 5.26 Å². The number of ether oxygens (including phenoxy) is 1. The van der Waals surface area contributed by atoms with Crippen molar-refractivity contribution in [3.8, 4) is 6.07 Å². The lowest BCUT2D eigenvalue weighted by molar-refractivity contribution is -0.179. The number of methoxy groups -OCH3 is 1. The largest absolute Gasteiger partial charge is 0.469 e. The van der Waals surface area contributed by atoms with Crippen molar-refractivity contribution in [2.75, 3.05) is 7.11 Å². The van der Waals surface area contributed by atoms with Crippen LogP contribution in [0.1, 0.15) is 93.4 Å². The Morgan fingerprint density at radius 1 is 1.00 bits per heavy atom. The SMILES string of the molecule is COC(=O)[C@@]1(C)CC[C@]2(C)CC[C@]3(C)C(C(=O)C=C4[C@@]5(C)C=C(C#N)C(=O)C(C)(C)[C@@H]5CC[C@]43C)[C@@H]2C1. The number of allylic oxidation sites excluding steroid dienone is 4. The highest BCUT2D eigenvalue weighted by molar-refractivity contribution is 6.04. The first-order valence-corrected chi connectivity index (χ1v) is 14.1. The first-order chi connectivity index (χ1) is 17.0. The molecule has 5 aliphatic rings. The zero-order chi connectivity index (χ0) is 27.4. The quantitative estimate of drug-likeness (QED) is 0.386. The van der Waals surface area contributed by atoms with Gasteiger partial charge in [0.1, 0.15) is 6.07 Å². The molecule has 0 saturated heterocycles. The molecule has 5 rings (SSSR count). The normalized spacial score (nSPS) is 48.2. The van der Waals surface area contributed by atoms with E-state index in [0.29, 0.717) is 6.42 Å². The number of hydrogen-bond acceptors (Lipinski definition) is 5. The topological polar surface area (TPSA) is 84.2 Å². The number of Topliss-reactive ketones (excluding diaryl/α,β-unsaturated/α-hetero) is 1. The summed E-state index contributed by atoms with van der Waals surface area (Å²) in [5.41, 5.74) is -0.860. The Morgan fingerprint density at radius 3 is 2.27 bits per heavy atom. The molecule has 3 saturated carbocycles. The first kappa shape index (κ1) is 26.4. The van der Waals surface area contributed by atoms with Gasteiger partial charge in [0.15, 0.2) is 11.6 Å². The lowest BCUT2D eigenvalue weighted by Gasteiger charge is -2.69. The number of rotatable bonds is 1. The van der Waals surface area contributed by atoms with Crippen LogP contribution in [-0.2, 0) is 19.1 Å². The summed E-state index contributed by atoms with van der Waals surface area (Å²) in [6, 6.07) is 2.18. The summed E-state index contributed by atoms with van der Waals surface area (Å²) in [5.74, 6) is -0.0607. The van der Waals surface area contributed by atoms with Crippen LogP contribution in [0.25, 0.3) is 0 Å². The minimum Gasteiger partial charge on any atom is -0.469 e. The second-order valence-corrected chi connectivity index (χ2v) is 14.8. The Morgan fingerprint density at radius 2 is 1.65 bits per heavy atom. The third kappa shape index (κ3) is 3.11. The molecule has 3 fully saturated rings. The van der Waals surface area contributed by atoms with E-state index < -0.39 is 16.2 Å². The average Bonchev–Trinajstić information content (AvgIpc) is 2.83. The molecule has 0 amide bonds. The number of ketones is 2. The number of hydrogen-bond donors (Lipinski definition) is 0. The van der Waals surface area contributed by atoms with E-state index in [1.54, 1.807) is 0 Å². The van der Waals surface area contributed by atoms with E-state index in [1.807, 2.05) is 32.9 Å². The fourth-order valence-corrected chi connectivity index (χ4v) is 10.2. The van der Waals surface area contributed by atoms with Gasteiger partial charge in [0.2, 0.25) is 0 Å². The number of carbonyl (C=O) groups excluding carboxylic acids is 3. The molecule has 0 spiro atoms. The summed E-state index contributed by atoms with van der Waals surface area (Å²) in [5, 5.41) is 9.86. The molecule has 0 aliphatic heterocycles. The number of nitrogens with zero attached hydrogens (tertiary/aromatic N) is 1. The van der Waals surface area contributed by atoms with Crippen molar-refractivity contribution in [2.45, 2.75) is 93.4 Å². The second-order valence-electron chi connectivity index (χ2n) is 14.8. The smallest absolute Gasteiger partial charge is 0.311 e. The third-order valence-electron chi connectivity index (χ3n) is 12.7. The van der Waals surface area contributed by atoms with Crippen molar-refractivity contribution in [3.05, 3.63) is 23.3 Å². The van der Waals surface area contributed by atoms with Gasteiger partial charge in [-0.05, 0) is 86.0 Å². The molecule has 1 unspecified atom stereocenters. The van der Waals surface area contributed by atoms with Gasteiger partial charge in [-0.15, -0.1) is 0 Å². The number of esters is 1. The summed E-state index contributed by atoms with van der Waals surface area (Å²) in [7, 11) is 1.47. The van der Waals surface area contributed by atoms with Crippen LogP contribution in [0.15, 0.2) is 23.3 Å². The minimum absolute atomic E-state index is 0.0311. The third-order valence-corrected chi connectivity index (χ3v) is 12.7. The van der Waals surface area contributed by atoms with Crippen LogP contribution in [0.3, 0.4) is 0 Å². The van der Waals surface area contributed by atoms with Gasteiger partial charge in [0.05, 0.1) is 18.1 Å². The Labute approximate surface area is 222 Å². The number of carbonyl (C=O) groups is 3. The van der Waals surface area contributed by atoms with E-state index in [0.717, 1.165) is 44.1 Å². The maximum Gasteiger partial charge on any atom is 0.311 e. The van der Waals surface area contributed by atoms with E-state index in [1.165, 1.54) is 7.11 Å². The summed E-state index contributed by atoms with van der Waals surface area (Å²) >= 11 is 0. The Hall–Kier alpha value is -2.22. The highest BCUT2D eigenvalue weighted by atomic mass is 16.5. The molecule has 5 aliphatic carbocycles. The molecule has 37 heavy (non-hydrogen) atoms. The molecule has 0 aromatic heterocycles. The van der Waals surface area contributed by atoms with Crippen LogP contribution >= 0.6 is 0 Å². The van der Waals surface area contributed by atoms with Crippen molar-refractivity contribution >= 4 is 17.5 Å². The predicted molar refractivity (Wildman–Crippen MR) is 141 cm³/mol. The van der Waals surface area contributed by atoms with Gasteiger partial charge in [-0.2, -0.15) is 5.26 Å². The van der Waals surface area contributed by atoms with E-state index in [-0.39, 0.29) is 57.1 Å². The summed E-state index contributed by atoms with van der Waals surface area (Å²) in [6.45, 7) is 15.1. The fourth-order valence-electron chi connectivity index (χ4n) is 10.2. The average molecular weight is 506 g/mol. The molecule has 0 radical (unpaired) electrons. The van der Waals surface area contributed by atoms with Crippen LogP contribution in [0, 0.1) is 61.6 Å². The zero-order valence-corrected chi connectivity index (χ0v) is 23.9. The molecular weight excluding hydrogens is 462 g/mol. The highest BCUT2D eigenvalue weighted by Crippen LogP contribution is 2.74. The number of nitriles is 1. The van der Waals surface area contributed by atoms with Gasteiger partial charge < -0.3 is 4.74 Å². The lowest BCUT2D eigenvalue weighted by Crippen LogP contribution is -2.64. The van der Waals surface area contributed by atoms with Crippen molar-refractivity contribution < 1.29 is 19.1 Å². The molecular formula is C32H43NO4. The summed E-state index contributed by atoms with van der Waals surface area (Å²) < 4.78 is 5.22. The van der Waals surface area contributed by atoms with Gasteiger partial charge in [-0.3, -0.25) is 14.4 Å².